The molecule has 14 heavy (non-hydrogen) atoms. The minimum atomic E-state index is -4.20. The molecule has 0 atom stereocenters. The molecule has 3 nitrogen and oxygen atoms in total. The first kappa shape index (κ1) is 11.6. The Kier molecular flexibility index (Phi) is 4.06. The minimum absolute atomic E-state index is 0.0850. The highest BCUT2D eigenvalue weighted by Gasteiger charge is 2.28. The van der Waals surface area contributed by atoms with E-state index in [2.05, 4.69) is 5.32 Å². The smallest absolute Gasteiger partial charge is 0.339 e. The van der Waals surface area contributed by atoms with E-state index in [1.54, 1.807) is 0 Å². The van der Waals surface area contributed by atoms with Crippen LogP contribution in [-0.4, -0.2) is 48.2 Å². The number of thioether (sulfide) groups is 1. The van der Waals surface area contributed by atoms with Gasteiger partial charge in [-0.25, -0.2) is 0 Å². The first-order valence-electron chi connectivity index (χ1n) is 4.18. The van der Waals surface area contributed by atoms with Gasteiger partial charge in [-0.2, -0.15) is 13.2 Å². The molecule has 1 heterocycles. The van der Waals surface area contributed by atoms with Gasteiger partial charge in [0.1, 0.15) is 0 Å². The van der Waals surface area contributed by atoms with Gasteiger partial charge >= 0.3 is 5.51 Å². The van der Waals surface area contributed by atoms with E-state index in [1.807, 2.05) is 0 Å². The molecule has 1 N–H and O–H groups in total. The lowest BCUT2D eigenvalue weighted by Crippen LogP contribution is -2.48. The van der Waals surface area contributed by atoms with Crippen molar-refractivity contribution >= 4 is 17.7 Å². The van der Waals surface area contributed by atoms with E-state index in [0.717, 1.165) is 0 Å². The molecular formula is C7H11F3N2OS. The fraction of sp³-hybridized carbons (Fsp3) is 0.857. The highest BCUT2D eigenvalue weighted by Crippen LogP contribution is 2.29. The largest absolute Gasteiger partial charge is 0.441 e. The normalized spacial score (nSPS) is 18.8. The molecule has 82 valence electrons. The van der Waals surface area contributed by atoms with Crippen LogP contribution in [-0.2, 0) is 4.79 Å². The second-order valence-corrected chi connectivity index (χ2v) is 4.01. The van der Waals surface area contributed by atoms with Crippen LogP contribution in [0, 0.1) is 0 Å². The van der Waals surface area contributed by atoms with E-state index in [-0.39, 0.29) is 36.5 Å². The molecule has 0 saturated carbocycles. The van der Waals surface area contributed by atoms with Gasteiger partial charge in [-0.3, -0.25) is 4.79 Å². The third-order valence-electron chi connectivity index (χ3n) is 1.81. The van der Waals surface area contributed by atoms with E-state index in [0.29, 0.717) is 13.1 Å². The van der Waals surface area contributed by atoms with Crippen molar-refractivity contribution in [3.63, 3.8) is 0 Å². The summed E-state index contributed by atoms with van der Waals surface area (Å²) < 4.78 is 35.3. The van der Waals surface area contributed by atoms with E-state index >= 15 is 0 Å². The van der Waals surface area contributed by atoms with Crippen LogP contribution in [0.2, 0.25) is 0 Å². The molecule has 0 radical (unpaired) electrons. The van der Waals surface area contributed by atoms with Crippen LogP contribution in [0.4, 0.5) is 13.2 Å². The second kappa shape index (κ2) is 4.88. The number of carbonyl (C=O) groups excluding carboxylic acids is 1. The molecule has 1 fully saturated rings. The first-order valence-corrected chi connectivity index (χ1v) is 5.17. The molecule has 0 aromatic rings. The van der Waals surface area contributed by atoms with E-state index < -0.39 is 5.51 Å². The molecule has 7 heteroatoms. The molecule has 0 spiro atoms. The van der Waals surface area contributed by atoms with E-state index in [9.17, 15) is 18.0 Å². The summed E-state index contributed by atoms with van der Waals surface area (Å²) in [5.74, 6) is -0.214. The van der Waals surface area contributed by atoms with Crippen LogP contribution < -0.4 is 5.32 Å². The Morgan fingerprint density at radius 2 is 2.21 bits per heavy atom. The Labute approximate surface area is 84.0 Å². The van der Waals surface area contributed by atoms with Crippen LogP contribution in [0.5, 0.6) is 0 Å². The summed E-state index contributed by atoms with van der Waals surface area (Å²) in [5.41, 5.74) is -4.20. The lowest BCUT2D eigenvalue weighted by molar-refractivity contribution is -0.131. The summed E-state index contributed by atoms with van der Waals surface area (Å²) in [5, 5.41) is 2.85. The number of nitrogens with zero attached hydrogens (tertiary/aromatic N) is 1. The summed E-state index contributed by atoms with van der Waals surface area (Å²) in [6.45, 7) is 1.56. The van der Waals surface area contributed by atoms with Crippen molar-refractivity contribution in [2.75, 3.05) is 31.9 Å². The highest BCUT2D eigenvalue weighted by molar-refractivity contribution is 8.00. The average Bonchev–Trinajstić information content (AvgIpc) is 2.06. The van der Waals surface area contributed by atoms with Gasteiger partial charge in [0.25, 0.3) is 0 Å². The summed E-state index contributed by atoms with van der Waals surface area (Å²) in [6, 6.07) is 0. The molecule has 1 aliphatic heterocycles. The van der Waals surface area contributed by atoms with Gasteiger partial charge < -0.3 is 10.2 Å². The molecule has 0 bridgehead atoms. The number of amides is 1. The third-order valence-corrected chi connectivity index (χ3v) is 2.53. The maximum Gasteiger partial charge on any atom is 0.441 e. The first-order chi connectivity index (χ1) is 6.49. The average molecular weight is 228 g/mol. The van der Waals surface area contributed by atoms with Crippen molar-refractivity contribution in [1.82, 2.24) is 10.2 Å². The molecular weight excluding hydrogens is 217 g/mol. The third kappa shape index (κ3) is 4.19. The molecule has 1 aliphatic rings. The van der Waals surface area contributed by atoms with Crippen LogP contribution in [0.15, 0.2) is 0 Å². The van der Waals surface area contributed by atoms with Crippen molar-refractivity contribution in [3.8, 4) is 0 Å². The number of rotatable bonds is 3. The van der Waals surface area contributed by atoms with Gasteiger partial charge in [0, 0.05) is 25.4 Å². The Balaban J connectivity index is 2.20. The van der Waals surface area contributed by atoms with Gasteiger partial charge in [0.05, 0.1) is 6.54 Å². The predicted molar refractivity (Wildman–Crippen MR) is 48.0 cm³/mol. The SMILES string of the molecule is O=C1CNCCN1CCSC(F)(F)F. The number of halogens is 3. The lowest BCUT2D eigenvalue weighted by Gasteiger charge is -2.27. The number of carbonyl (C=O) groups is 1. The van der Waals surface area contributed by atoms with Crippen LogP contribution >= 0.6 is 11.8 Å². The Bertz CT molecular complexity index is 210. The van der Waals surface area contributed by atoms with Crippen LogP contribution in [0.1, 0.15) is 0 Å². The molecule has 1 amide bonds. The van der Waals surface area contributed by atoms with Gasteiger partial charge in [-0.1, -0.05) is 0 Å². The van der Waals surface area contributed by atoms with Crippen molar-refractivity contribution in [2.45, 2.75) is 5.51 Å². The molecule has 0 aliphatic carbocycles. The maximum absolute atomic E-state index is 11.8. The fourth-order valence-corrected chi connectivity index (χ4v) is 1.70. The zero-order chi connectivity index (χ0) is 10.6. The highest BCUT2D eigenvalue weighted by atomic mass is 32.2. The summed E-state index contributed by atoms with van der Waals surface area (Å²) in [6.07, 6.45) is 0. The van der Waals surface area contributed by atoms with Crippen molar-refractivity contribution in [1.29, 1.82) is 0 Å². The van der Waals surface area contributed by atoms with Crippen LogP contribution in [0.25, 0.3) is 0 Å². The Morgan fingerprint density at radius 3 is 2.79 bits per heavy atom. The fourth-order valence-electron chi connectivity index (χ4n) is 1.15. The number of hydrogen-bond acceptors (Lipinski definition) is 3. The zero-order valence-corrected chi connectivity index (χ0v) is 8.25. The Hall–Kier alpha value is -0.430. The van der Waals surface area contributed by atoms with Crippen LogP contribution in [0.3, 0.4) is 0 Å². The summed E-state index contributed by atoms with van der Waals surface area (Å²) in [4.78, 5) is 12.6. The van der Waals surface area contributed by atoms with Gasteiger partial charge in [0.15, 0.2) is 0 Å². The Morgan fingerprint density at radius 1 is 1.50 bits per heavy atom. The quantitative estimate of drug-likeness (QED) is 0.770. The van der Waals surface area contributed by atoms with Crippen molar-refractivity contribution < 1.29 is 18.0 Å². The van der Waals surface area contributed by atoms with Crippen molar-refractivity contribution in [2.24, 2.45) is 0 Å². The second-order valence-electron chi connectivity index (χ2n) is 2.85. The number of hydrogen-bond donors (Lipinski definition) is 1. The molecule has 0 aromatic carbocycles. The number of piperazine rings is 1. The van der Waals surface area contributed by atoms with E-state index in [1.165, 1.54) is 4.90 Å². The minimum Gasteiger partial charge on any atom is -0.339 e. The van der Waals surface area contributed by atoms with Gasteiger partial charge in [-0.15, -0.1) is 0 Å². The molecule has 0 unspecified atom stereocenters. The van der Waals surface area contributed by atoms with Gasteiger partial charge in [-0.05, 0) is 11.8 Å². The monoisotopic (exact) mass is 228 g/mol. The van der Waals surface area contributed by atoms with E-state index in [4.69, 9.17) is 0 Å². The van der Waals surface area contributed by atoms with Gasteiger partial charge in [0.2, 0.25) is 5.91 Å². The lowest BCUT2D eigenvalue weighted by atomic mass is 10.3. The number of alkyl halides is 3. The summed E-state index contributed by atoms with van der Waals surface area (Å²) in [7, 11) is 0. The number of nitrogens with one attached hydrogen (secondary N) is 1. The molecule has 1 saturated heterocycles. The maximum atomic E-state index is 11.8. The zero-order valence-electron chi connectivity index (χ0n) is 7.43. The topological polar surface area (TPSA) is 32.3 Å². The summed E-state index contributed by atoms with van der Waals surface area (Å²) >= 11 is -0.0850. The van der Waals surface area contributed by atoms with Crippen molar-refractivity contribution in [3.05, 3.63) is 0 Å². The molecule has 0 aromatic heterocycles. The molecule has 1 rings (SSSR count). The predicted octanol–water partition coefficient (Wildman–Crippen LogP) is 0.671. The standard InChI is InChI=1S/C7H11F3N2OS/c8-7(9,10)14-4-3-12-2-1-11-5-6(12)13/h11H,1-5H2.